The number of rotatable bonds is 1. The van der Waals surface area contributed by atoms with E-state index in [9.17, 15) is 4.79 Å². The van der Waals surface area contributed by atoms with Crippen LogP contribution in [0, 0.1) is 0 Å². The molecular weight excluding hydrogens is 226 g/mol. The largest absolute Gasteiger partial charge is 0.338 e. The van der Waals surface area contributed by atoms with Crippen LogP contribution in [0.5, 0.6) is 0 Å². The van der Waals surface area contributed by atoms with Gasteiger partial charge in [0, 0.05) is 12.7 Å². The molecule has 1 N–H and O–H groups in total. The Morgan fingerprint density at radius 2 is 2.06 bits per heavy atom. The zero-order valence-corrected chi connectivity index (χ0v) is 10.1. The van der Waals surface area contributed by atoms with Gasteiger partial charge in [-0.15, -0.1) is 0 Å². The molecule has 0 aliphatic carbocycles. The molecule has 4 heteroatoms. The molecule has 0 atom stereocenters. The molecule has 0 spiro atoms. The summed E-state index contributed by atoms with van der Waals surface area (Å²) in [5.74, 6) is 0.727. The molecule has 1 amide bonds. The molecule has 0 bridgehead atoms. The van der Waals surface area contributed by atoms with Crippen LogP contribution in [-0.4, -0.2) is 17.4 Å². The third kappa shape index (κ3) is 1.54. The molecule has 0 fully saturated rings. The smallest absolute Gasteiger partial charge is 0.260 e. The molecule has 1 aliphatic rings. The fourth-order valence-electron chi connectivity index (χ4n) is 2.19. The van der Waals surface area contributed by atoms with Crippen LogP contribution < -0.4 is 10.2 Å². The second-order valence-corrected chi connectivity index (χ2v) is 4.09. The summed E-state index contributed by atoms with van der Waals surface area (Å²) in [4.78, 5) is 18.5. The number of anilines is 3. The number of hydrogen-bond acceptors (Lipinski definition) is 3. The molecular formula is C14H13N3O. The Bertz CT molecular complexity index is 609. The zero-order valence-electron chi connectivity index (χ0n) is 10.1. The van der Waals surface area contributed by atoms with Crippen molar-refractivity contribution in [2.45, 2.75) is 6.92 Å². The monoisotopic (exact) mass is 239 g/mol. The molecule has 2 aromatic rings. The van der Waals surface area contributed by atoms with Gasteiger partial charge in [-0.2, -0.15) is 0 Å². The maximum atomic E-state index is 12.5. The van der Waals surface area contributed by atoms with E-state index in [0.29, 0.717) is 12.1 Å². The van der Waals surface area contributed by atoms with Crippen LogP contribution in [0.4, 0.5) is 17.2 Å². The van der Waals surface area contributed by atoms with Crippen molar-refractivity contribution in [1.29, 1.82) is 0 Å². The van der Waals surface area contributed by atoms with Crippen molar-refractivity contribution in [2.75, 3.05) is 16.8 Å². The summed E-state index contributed by atoms with van der Waals surface area (Å²) in [6.45, 7) is 2.58. The van der Waals surface area contributed by atoms with E-state index in [1.54, 1.807) is 11.1 Å². The molecule has 0 saturated heterocycles. The van der Waals surface area contributed by atoms with Crippen LogP contribution in [0.25, 0.3) is 0 Å². The summed E-state index contributed by atoms with van der Waals surface area (Å²) in [6, 6.07) is 11.2. The van der Waals surface area contributed by atoms with Crippen molar-refractivity contribution in [3.63, 3.8) is 0 Å². The minimum Gasteiger partial charge on any atom is -0.338 e. The fraction of sp³-hybridized carbons (Fsp3) is 0.143. The first-order valence-electron chi connectivity index (χ1n) is 5.94. The van der Waals surface area contributed by atoms with Crippen LogP contribution in [0.2, 0.25) is 0 Å². The Hall–Kier alpha value is -2.36. The standard InChI is InChI=1S/C14H13N3O/c1-2-17-12-8-5-9-15-13(12)16-11-7-4-3-6-10(11)14(17)18/h3-9H,2H2,1H3,(H,15,16). The molecule has 1 aliphatic heterocycles. The topological polar surface area (TPSA) is 45.2 Å². The Morgan fingerprint density at radius 1 is 1.22 bits per heavy atom. The van der Waals surface area contributed by atoms with Gasteiger partial charge in [0.25, 0.3) is 5.91 Å². The summed E-state index contributed by atoms with van der Waals surface area (Å²) < 4.78 is 0. The first-order chi connectivity index (χ1) is 8.81. The number of aromatic nitrogens is 1. The Balaban J connectivity index is 2.23. The second-order valence-electron chi connectivity index (χ2n) is 4.09. The quantitative estimate of drug-likeness (QED) is 0.832. The van der Waals surface area contributed by atoms with Gasteiger partial charge in [0.05, 0.1) is 16.9 Å². The average Bonchev–Trinajstić information content (AvgIpc) is 2.53. The third-order valence-electron chi connectivity index (χ3n) is 3.05. The lowest BCUT2D eigenvalue weighted by molar-refractivity contribution is 0.0989. The predicted octanol–water partition coefficient (Wildman–Crippen LogP) is 2.81. The number of para-hydroxylation sites is 1. The second kappa shape index (κ2) is 4.14. The van der Waals surface area contributed by atoms with Gasteiger partial charge in [-0.25, -0.2) is 4.98 Å². The van der Waals surface area contributed by atoms with E-state index < -0.39 is 0 Å². The molecule has 0 unspecified atom stereocenters. The number of fused-ring (bicyclic) bond motifs is 2. The van der Waals surface area contributed by atoms with Gasteiger partial charge in [-0.05, 0) is 31.2 Å². The van der Waals surface area contributed by atoms with Crippen LogP contribution in [-0.2, 0) is 0 Å². The highest BCUT2D eigenvalue weighted by molar-refractivity contribution is 6.13. The van der Waals surface area contributed by atoms with Crippen LogP contribution in [0.3, 0.4) is 0 Å². The highest BCUT2D eigenvalue weighted by Crippen LogP contribution is 2.33. The van der Waals surface area contributed by atoms with Crippen LogP contribution in [0.15, 0.2) is 42.6 Å². The van der Waals surface area contributed by atoms with Crippen molar-refractivity contribution in [2.24, 2.45) is 0 Å². The van der Waals surface area contributed by atoms with Gasteiger partial charge in [-0.3, -0.25) is 4.79 Å². The maximum absolute atomic E-state index is 12.5. The Labute approximate surface area is 105 Å². The van der Waals surface area contributed by atoms with E-state index in [1.807, 2.05) is 43.3 Å². The predicted molar refractivity (Wildman–Crippen MR) is 71.3 cm³/mol. The van der Waals surface area contributed by atoms with Gasteiger partial charge in [-0.1, -0.05) is 12.1 Å². The van der Waals surface area contributed by atoms with Crippen LogP contribution >= 0.6 is 0 Å². The summed E-state index contributed by atoms with van der Waals surface area (Å²) in [5, 5.41) is 3.22. The molecule has 4 nitrogen and oxygen atoms in total. The van der Waals surface area contributed by atoms with E-state index in [4.69, 9.17) is 0 Å². The fourth-order valence-corrected chi connectivity index (χ4v) is 2.19. The minimum absolute atomic E-state index is 0.00681. The van der Waals surface area contributed by atoms with E-state index in [-0.39, 0.29) is 5.91 Å². The Kier molecular flexibility index (Phi) is 2.48. The van der Waals surface area contributed by atoms with Crippen molar-refractivity contribution < 1.29 is 4.79 Å². The molecule has 0 saturated carbocycles. The number of benzene rings is 1. The number of hydrogen-bond donors (Lipinski definition) is 1. The lowest BCUT2D eigenvalue weighted by atomic mass is 10.1. The molecule has 1 aromatic heterocycles. The number of carbonyl (C=O) groups is 1. The van der Waals surface area contributed by atoms with Crippen molar-refractivity contribution in [3.8, 4) is 0 Å². The van der Waals surface area contributed by atoms with E-state index in [2.05, 4.69) is 10.3 Å². The lowest BCUT2D eigenvalue weighted by Gasteiger charge is -2.19. The maximum Gasteiger partial charge on any atom is 0.260 e. The molecule has 1 aromatic carbocycles. The van der Waals surface area contributed by atoms with E-state index >= 15 is 0 Å². The van der Waals surface area contributed by atoms with Gasteiger partial charge in [0.15, 0.2) is 5.82 Å². The Morgan fingerprint density at radius 3 is 2.89 bits per heavy atom. The average molecular weight is 239 g/mol. The molecule has 3 rings (SSSR count). The number of carbonyl (C=O) groups excluding carboxylic acids is 1. The van der Waals surface area contributed by atoms with Crippen molar-refractivity contribution >= 4 is 23.1 Å². The first-order valence-corrected chi connectivity index (χ1v) is 5.94. The summed E-state index contributed by atoms with van der Waals surface area (Å²) >= 11 is 0. The number of pyridine rings is 1. The summed E-state index contributed by atoms with van der Waals surface area (Å²) in [6.07, 6.45) is 1.72. The molecule has 2 heterocycles. The molecule has 90 valence electrons. The number of amides is 1. The highest BCUT2D eigenvalue weighted by Gasteiger charge is 2.25. The van der Waals surface area contributed by atoms with E-state index in [1.165, 1.54) is 0 Å². The van der Waals surface area contributed by atoms with Crippen LogP contribution in [0.1, 0.15) is 17.3 Å². The normalized spacial score (nSPS) is 13.4. The van der Waals surface area contributed by atoms with E-state index in [0.717, 1.165) is 17.2 Å². The highest BCUT2D eigenvalue weighted by atomic mass is 16.2. The summed E-state index contributed by atoms with van der Waals surface area (Å²) in [5.41, 5.74) is 2.30. The minimum atomic E-state index is 0.00681. The van der Waals surface area contributed by atoms with Gasteiger partial charge >= 0.3 is 0 Å². The lowest BCUT2D eigenvalue weighted by Crippen LogP contribution is -2.29. The van der Waals surface area contributed by atoms with Gasteiger partial charge in [0.2, 0.25) is 0 Å². The van der Waals surface area contributed by atoms with Crippen molar-refractivity contribution in [1.82, 2.24) is 4.98 Å². The van der Waals surface area contributed by atoms with Gasteiger partial charge < -0.3 is 10.2 Å². The van der Waals surface area contributed by atoms with Gasteiger partial charge in [0.1, 0.15) is 0 Å². The molecule has 18 heavy (non-hydrogen) atoms. The number of nitrogens with one attached hydrogen (secondary N) is 1. The third-order valence-corrected chi connectivity index (χ3v) is 3.05. The zero-order chi connectivity index (χ0) is 12.5. The number of nitrogens with zero attached hydrogens (tertiary/aromatic N) is 2. The first kappa shape index (κ1) is 10.8. The molecule has 0 radical (unpaired) electrons. The van der Waals surface area contributed by atoms with Crippen molar-refractivity contribution in [3.05, 3.63) is 48.2 Å². The SMILES string of the molecule is CCN1C(=O)c2ccccc2Nc2ncccc21. The summed E-state index contributed by atoms with van der Waals surface area (Å²) in [7, 11) is 0.